The molecule has 3 rings (SSSR count). The van der Waals surface area contributed by atoms with E-state index >= 15 is 0 Å². The van der Waals surface area contributed by atoms with Gasteiger partial charge in [0.05, 0.1) is 5.60 Å². The van der Waals surface area contributed by atoms with Crippen molar-refractivity contribution < 1.29 is 5.11 Å². The molecule has 2 aliphatic carbocycles. The van der Waals surface area contributed by atoms with E-state index in [1.54, 1.807) is 0 Å². The second-order valence-corrected chi connectivity index (χ2v) is 5.56. The molecular formula is C16H20O. The number of benzene rings is 1. The molecule has 1 heteroatoms. The van der Waals surface area contributed by atoms with Crippen molar-refractivity contribution in [1.29, 1.82) is 0 Å². The molecule has 17 heavy (non-hydrogen) atoms. The molecule has 1 nitrogen and oxygen atoms in total. The Kier molecular flexibility index (Phi) is 2.79. The second kappa shape index (κ2) is 4.30. The maximum Gasteiger partial charge on any atom is 0.0738 e. The van der Waals surface area contributed by atoms with Gasteiger partial charge in [-0.2, -0.15) is 0 Å². The minimum absolute atomic E-state index is 0.384. The summed E-state index contributed by atoms with van der Waals surface area (Å²) in [6, 6.07) is 10.3. The lowest BCUT2D eigenvalue weighted by Gasteiger charge is -2.26. The van der Waals surface area contributed by atoms with Gasteiger partial charge in [-0.25, -0.2) is 0 Å². The Bertz CT molecular complexity index is 387. The molecule has 90 valence electrons. The highest BCUT2D eigenvalue weighted by molar-refractivity contribution is 5.48. The number of rotatable bonds is 5. The molecule has 2 fully saturated rings. The van der Waals surface area contributed by atoms with Crippen LogP contribution < -0.4 is 0 Å². The quantitative estimate of drug-likeness (QED) is 0.815. The summed E-state index contributed by atoms with van der Waals surface area (Å²) in [7, 11) is 0. The zero-order chi connectivity index (χ0) is 11.7. The molecule has 1 aromatic rings. The first kappa shape index (κ1) is 11.0. The van der Waals surface area contributed by atoms with Crippen LogP contribution in [0.25, 0.3) is 6.08 Å². The molecule has 1 N–H and O–H groups in total. The lowest BCUT2D eigenvalue weighted by atomic mass is 9.88. The highest BCUT2D eigenvalue weighted by Crippen LogP contribution is 2.53. The van der Waals surface area contributed by atoms with Gasteiger partial charge in [0.25, 0.3) is 0 Å². The monoisotopic (exact) mass is 228 g/mol. The first-order valence-electron chi connectivity index (χ1n) is 6.73. The molecule has 0 amide bonds. The van der Waals surface area contributed by atoms with E-state index < -0.39 is 0 Å². The van der Waals surface area contributed by atoms with Gasteiger partial charge in [-0.1, -0.05) is 42.5 Å². The molecule has 0 heterocycles. The number of hydrogen-bond acceptors (Lipinski definition) is 1. The van der Waals surface area contributed by atoms with Crippen molar-refractivity contribution >= 4 is 6.08 Å². The third kappa shape index (κ3) is 2.44. The van der Waals surface area contributed by atoms with Crippen LogP contribution in [0.2, 0.25) is 0 Å². The maximum atomic E-state index is 10.7. The lowest BCUT2D eigenvalue weighted by Crippen LogP contribution is -2.33. The van der Waals surface area contributed by atoms with Gasteiger partial charge in [0, 0.05) is 0 Å². The van der Waals surface area contributed by atoms with Crippen LogP contribution in [0.3, 0.4) is 0 Å². The summed E-state index contributed by atoms with van der Waals surface area (Å²) in [5.74, 6) is 1.16. The van der Waals surface area contributed by atoms with Gasteiger partial charge in [-0.05, 0) is 49.5 Å². The van der Waals surface area contributed by atoms with Crippen molar-refractivity contribution in [3.63, 3.8) is 0 Å². The van der Waals surface area contributed by atoms with Gasteiger partial charge in [-0.3, -0.25) is 0 Å². The van der Waals surface area contributed by atoms with Crippen molar-refractivity contribution in [2.24, 2.45) is 11.8 Å². The van der Waals surface area contributed by atoms with Gasteiger partial charge in [0.1, 0.15) is 0 Å². The molecule has 0 bridgehead atoms. The minimum atomic E-state index is -0.384. The third-order valence-electron chi connectivity index (χ3n) is 4.12. The van der Waals surface area contributed by atoms with Crippen LogP contribution >= 0.6 is 0 Å². The fraction of sp³-hybridized carbons (Fsp3) is 0.500. The normalized spacial score (nSPS) is 21.0. The minimum Gasteiger partial charge on any atom is -0.389 e. The molecule has 2 saturated carbocycles. The molecule has 0 aromatic heterocycles. The van der Waals surface area contributed by atoms with Crippen LogP contribution in [-0.2, 0) is 0 Å². The Morgan fingerprint density at radius 3 is 2.18 bits per heavy atom. The van der Waals surface area contributed by atoms with Gasteiger partial charge in [-0.15, -0.1) is 0 Å². The van der Waals surface area contributed by atoms with Crippen LogP contribution in [-0.4, -0.2) is 10.7 Å². The van der Waals surface area contributed by atoms with Gasteiger partial charge in [0.15, 0.2) is 0 Å². The van der Waals surface area contributed by atoms with Crippen molar-refractivity contribution in [1.82, 2.24) is 0 Å². The first-order chi connectivity index (χ1) is 8.29. The fourth-order valence-electron chi connectivity index (χ4n) is 2.78. The summed E-state index contributed by atoms with van der Waals surface area (Å²) in [6.45, 7) is 0. The first-order valence-corrected chi connectivity index (χ1v) is 6.73. The van der Waals surface area contributed by atoms with Gasteiger partial charge in [0.2, 0.25) is 0 Å². The molecule has 0 spiro atoms. The summed E-state index contributed by atoms with van der Waals surface area (Å²) in [6.07, 6.45) is 10.0. The summed E-state index contributed by atoms with van der Waals surface area (Å²) < 4.78 is 0. The van der Waals surface area contributed by atoms with Crippen LogP contribution in [0, 0.1) is 11.8 Å². The van der Waals surface area contributed by atoms with E-state index in [0.29, 0.717) is 11.8 Å². The van der Waals surface area contributed by atoms with E-state index in [1.807, 2.05) is 18.2 Å². The van der Waals surface area contributed by atoms with Crippen LogP contribution in [0.1, 0.15) is 37.7 Å². The van der Waals surface area contributed by atoms with Crippen molar-refractivity contribution in [2.75, 3.05) is 0 Å². The van der Waals surface area contributed by atoms with Crippen molar-refractivity contribution in [2.45, 2.75) is 37.7 Å². The molecule has 0 saturated heterocycles. The molecule has 1 aromatic carbocycles. The van der Waals surface area contributed by atoms with Crippen LogP contribution in [0.5, 0.6) is 0 Å². The topological polar surface area (TPSA) is 20.2 Å². The molecule has 0 unspecified atom stereocenters. The summed E-state index contributed by atoms with van der Waals surface area (Å²) in [5, 5.41) is 10.7. The molecule has 0 aliphatic heterocycles. The molecule has 2 aliphatic rings. The van der Waals surface area contributed by atoms with Crippen LogP contribution in [0.15, 0.2) is 36.4 Å². The standard InChI is InChI=1S/C16H20O/c17-16(14-8-9-14,15-10-11-15)12-4-7-13-5-2-1-3-6-13/h1-7,14-15,17H,8-12H2/b7-4+. The predicted octanol–water partition coefficient (Wildman–Crippen LogP) is 3.64. The average Bonchev–Trinajstić information content (AvgIpc) is 3.20. The summed E-state index contributed by atoms with van der Waals surface area (Å²) >= 11 is 0. The Morgan fingerprint density at radius 2 is 1.65 bits per heavy atom. The fourth-order valence-corrected chi connectivity index (χ4v) is 2.78. The van der Waals surface area contributed by atoms with E-state index in [-0.39, 0.29) is 5.60 Å². The van der Waals surface area contributed by atoms with Crippen molar-refractivity contribution in [3.05, 3.63) is 42.0 Å². The van der Waals surface area contributed by atoms with Gasteiger partial charge < -0.3 is 5.11 Å². The SMILES string of the molecule is OC(C/C=C/c1ccccc1)(C1CC1)C1CC1. The molecule has 0 atom stereocenters. The largest absolute Gasteiger partial charge is 0.389 e. The smallest absolute Gasteiger partial charge is 0.0738 e. The van der Waals surface area contributed by atoms with E-state index in [9.17, 15) is 5.11 Å². The van der Waals surface area contributed by atoms with Crippen molar-refractivity contribution in [3.8, 4) is 0 Å². The summed E-state index contributed by atoms with van der Waals surface area (Å²) in [5.41, 5.74) is 0.840. The second-order valence-electron chi connectivity index (χ2n) is 5.56. The zero-order valence-electron chi connectivity index (χ0n) is 10.2. The molecule has 0 radical (unpaired) electrons. The number of aliphatic hydroxyl groups is 1. The molecular weight excluding hydrogens is 208 g/mol. The Labute approximate surface area is 103 Å². The number of hydrogen-bond donors (Lipinski definition) is 1. The van der Waals surface area contributed by atoms with Gasteiger partial charge >= 0.3 is 0 Å². The highest BCUT2D eigenvalue weighted by atomic mass is 16.3. The van der Waals surface area contributed by atoms with Crippen LogP contribution in [0.4, 0.5) is 0 Å². The van der Waals surface area contributed by atoms with E-state index in [0.717, 1.165) is 6.42 Å². The Balaban J connectivity index is 1.64. The highest BCUT2D eigenvalue weighted by Gasteiger charge is 2.52. The van der Waals surface area contributed by atoms with E-state index in [4.69, 9.17) is 0 Å². The van der Waals surface area contributed by atoms with E-state index in [1.165, 1.54) is 31.2 Å². The predicted molar refractivity (Wildman–Crippen MR) is 70.5 cm³/mol. The zero-order valence-corrected chi connectivity index (χ0v) is 10.2. The average molecular weight is 228 g/mol. The Hall–Kier alpha value is -1.08. The lowest BCUT2D eigenvalue weighted by molar-refractivity contribution is -0.00181. The van der Waals surface area contributed by atoms with E-state index in [2.05, 4.69) is 24.3 Å². The third-order valence-corrected chi connectivity index (χ3v) is 4.12. The Morgan fingerprint density at radius 1 is 1.06 bits per heavy atom. The summed E-state index contributed by atoms with van der Waals surface area (Å²) in [4.78, 5) is 0. The maximum absolute atomic E-state index is 10.7.